The molecule has 0 aromatic rings. The smallest absolute Gasteiger partial charge is 0.230 e. The van der Waals surface area contributed by atoms with Crippen LogP contribution in [0.2, 0.25) is 0 Å². The third-order valence-electron chi connectivity index (χ3n) is 0.231. The van der Waals surface area contributed by atoms with Crippen LogP contribution in [0.5, 0.6) is 0 Å². The summed E-state index contributed by atoms with van der Waals surface area (Å²) < 4.78 is -2.28. The summed E-state index contributed by atoms with van der Waals surface area (Å²) >= 11 is 16.1. The molecule has 0 saturated heterocycles. The molecule has 0 aliphatic heterocycles. The number of hydrogen-bond donors (Lipinski definition) is 0. The van der Waals surface area contributed by atoms with Crippen molar-refractivity contribution in [1.82, 2.24) is 0 Å². The first-order valence-electron chi connectivity index (χ1n) is 1.49. The van der Waals surface area contributed by atoms with Gasteiger partial charge in [0.15, 0.2) is 0 Å². The van der Waals surface area contributed by atoms with E-state index in [1.54, 1.807) is 0 Å². The van der Waals surface area contributed by atoms with Crippen molar-refractivity contribution in [2.45, 2.75) is 3.79 Å². The monoisotopic (exact) mass is 366 g/mol. The third kappa shape index (κ3) is 12.4. The zero-order valence-electron chi connectivity index (χ0n) is 4.74. The molecule has 0 atom stereocenters. The molecule has 0 saturated carbocycles. The van der Waals surface area contributed by atoms with E-state index in [4.69, 9.17) is 34.8 Å². The summed E-state index contributed by atoms with van der Waals surface area (Å²) in [7, 11) is 0. The Morgan fingerprint density at radius 2 is 1.50 bits per heavy atom. The Labute approximate surface area is 100 Å². The number of rotatable bonds is 0. The Balaban J connectivity index is -0.000000149. The third-order valence-corrected chi connectivity index (χ3v) is 0.694. The van der Waals surface area contributed by atoms with E-state index < -0.39 is 9.76 Å². The molecule has 0 spiro atoms. The summed E-state index contributed by atoms with van der Waals surface area (Å²) in [5, 5.41) is 9.51. The second-order valence-corrected chi connectivity index (χ2v) is 3.07. The maximum atomic E-state index is 9.51. The van der Waals surface area contributed by atoms with Crippen LogP contribution in [0.25, 0.3) is 0 Å². The van der Waals surface area contributed by atoms with E-state index in [1.807, 2.05) is 22.6 Å². The van der Waals surface area contributed by atoms with Crippen LogP contribution >= 0.6 is 57.4 Å². The Hall–Kier alpha value is 1.69. The predicted octanol–water partition coefficient (Wildman–Crippen LogP) is 1.32. The van der Waals surface area contributed by atoms with Crippen molar-refractivity contribution in [1.29, 1.82) is 0 Å². The largest absolute Gasteiger partial charge is 0.545 e. The molecule has 1 radical (unpaired) electrons. The molecular weight excluding hydrogens is 367 g/mol. The van der Waals surface area contributed by atoms with E-state index >= 15 is 0 Å². The molecule has 0 fully saturated rings. The number of carbonyl (C=O) groups is 1. The standard InChI is InChI=1S/C2HCl3O2.CH2I.Zn/c3-2(4,5)1(6)7;1-2;/h(H,6,7);1H2;/p-1. The van der Waals surface area contributed by atoms with Crippen LogP contribution < -0.4 is 5.11 Å². The summed E-state index contributed by atoms with van der Waals surface area (Å²) in [6, 6.07) is 0. The van der Waals surface area contributed by atoms with Crippen LogP contribution in [-0.4, -0.2) is 9.76 Å². The van der Waals surface area contributed by atoms with Gasteiger partial charge in [-0.1, -0.05) is 57.4 Å². The summed E-state index contributed by atoms with van der Waals surface area (Å²) in [6.07, 6.45) is 0. The molecule has 0 aliphatic rings. The van der Waals surface area contributed by atoms with E-state index in [1.165, 1.54) is 0 Å². The van der Waals surface area contributed by atoms with E-state index in [2.05, 4.69) is 4.93 Å². The number of alkyl halides is 3. The Kier molecular flexibility index (Phi) is 15.5. The molecule has 0 heterocycles. The molecule has 0 unspecified atom stereocenters. The Morgan fingerprint density at radius 1 is 1.40 bits per heavy atom. The van der Waals surface area contributed by atoms with E-state index in [0.717, 1.165) is 0 Å². The van der Waals surface area contributed by atoms with Gasteiger partial charge in [0, 0.05) is 24.4 Å². The van der Waals surface area contributed by atoms with Gasteiger partial charge in [-0.05, 0) is 0 Å². The minimum atomic E-state index is -2.28. The number of halogens is 4. The van der Waals surface area contributed by atoms with Gasteiger partial charge in [0.25, 0.3) is 0 Å². The molecule has 0 aromatic heterocycles. The average Bonchev–Trinajstić information content (AvgIpc) is 1.69. The van der Waals surface area contributed by atoms with Gasteiger partial charge in [0.05, 0.1) is 5.97 Å². The number of carboxylic acids is 1. The average molecular weight is 369 g/mol. The van der Waals surface area contributed by atoms with Crippen LogP contribution in [0.3, 0.4) is 0 Å². The van der Waals surface area contributed by atoms with Gasteiger partial charge < -0.3 is 9.90 Å². The molecule has 0 amide bonds. The van der Waals surface area contributed by atoms with Gasteiger partial charge in [-0.25, -0.2) is 0 Å². The molecule has 10 heavy (non-hydrogen) atoms. The second kappa shape index (κ2) is 8.79. The van der Waals surface area contributed by atoms with E-state index in [0.29, 0.717) is 0 Å². The number of carboxylic acid groups (broad SMARTS) is 1. The van der Waals surface area contributed by atoms with Crippen LogP contribution in [0.1, 0.15) is 0 Å². The second-order valence-electron chi connectivity index (χ2n) is 0.785. The quantitative estimate of drug-likeness (QED) is 0.367. The molecule has 0 N–H and O–H groups in total. The van der Waals surface area contributed by atoms with Crippen molar-refractivity contribution >= 4 is 63.4 Å². The number of aliphatic carboxylic acids is 1. The van der Waals surface area contributed by atoms with Crippen molar-refractivity contribution in [3.05, 3.63) is 4.93 Å². The van der Waals surface area contributed by atoms with Gasteiger partial charge in [-0.15, -0.1) is 0 Å². The van der Waals surface area contributed by atoms with Gasteiger partial charge in [0.2, 0.25) is 3.79 Å². The summed E-state index contributed by atoms with van der Waals surface area (Å²) in [6.45, 7) is 0. The fraction of sp³-hybridized carbons (Fsp3) is 0.333. The van der Waals surface area contributed by atoms with Crippen LogP contribution in [0.15, 0.2) is 0 Å². The number of hydrogen-bond acceptors (Lipinski definition) is 2. The molecule has 0 aromatic carbocycles. The van der Waals surface area contributed by atoms with E-state index in [9.17, 15) is 9.90 Å². The fourth-order valence-electron chi connectivity index (χ4n) is 0. The van der Waals surface area contributed by atoms with E-state index in [-0.39, 0.29) is 19.5 Å². The van der Waals surface area contributed by atoms with Crippen LogP contribution in [0.4, 0.5) is 0 Å². The van der Waals surface area contributed by atoms with Gasteiger partial charge in [-0.3, -0.25) is 0 Å². The van der Waals surface area contributed by atoms with Crippen LogP contribution in [-0.2, 0) is 24.3 Å². The summed E-state index contributed by atoms with van der Waals surface area (Å²) in [5.74, 6) is -1.71. The Bertz CT molecular complexity index is 94.2. The van der Waals surface area contributed by atoms with Gasteiger partial charge in [0.1, 0.15) is 0 Å². The molecule has 57 valence electrons. The zero-order chi connectivity index (χ0) is 8.08. The first kappa shape index (κ1) is 17.7. The van der Waals surface area contributed by atoms with Crippen LogP contribution in [0, 0.1) is 4.93 Å². The maximum Gasteiger partial charge on any atom is 0.230 e. The minimum absolute atomic E-state index is 0. The predicted molar refractivity (Wildman–Crippen MR) is 44.7 cm³/mol. The maximum absolute atomic E-state index is 9.51. The summed E-state index contributed by atoms with van der Waals surface area (Å²) in [5.41, 5.74) is 0. The van der Waals surface area contributed by atoms with Crippen molar-refractivity contribution in [2.75, 3.05) is 0 Å². The van der Waals surface area contributed by atoms with Gasteiger partial charge in [-0.2, -0.15) is 0 Å². The van der Waals surface area contributed by atoms with Crippen molar-refractivity contribution in [3.63, 3.8) is 0 Å². The normalized spacial score (nSPS) is 8.50. The Morgan fingerprint density at radius 3 is 1.50 bits per heavy atom. The number of carbonyl (C=O) groups excluding carboxylic acids is 1. The molecular formula is C3H2Cl3IO2Zn-. The molecule has 0 rings (SSSR count). The van der Waals surface area contributed by atoms with Crippen molar-refractivity contribution in [2.24, 2.45) is 0 Å². The molecule has 0 aliphatic carbocycles. The first-order valence-corrected chi connectivity index (χ1v) is 4.15. The van der Waals surface area contributed by atoms with Crippen molar-refractivity contribution in [3.8, 4) is 0 Å². The summed E-state index contributed by atoms with van der Waals surface area (Å²) in [4.78, 5) is 12.7. The molecule has 7 heteroatoms. The van der Waals surface area contributed by atoms with Gasteiger partial charge >= 0.3 is 0 Å². The topological polar surface area (TPSA) is 40.1 Å². The fourth-order valence-corrected chi connectivity index (χ4v) is 0. The molecule has 2 nitrogen and oxygen atoms in total. The zero-order valence-corrected chi connectivity index (χ0v) is 12.1. The first-order chi connectivity index (χ1) is 3.94. The van der Waals surface area contributed by atoms with Crippen molar-refractivity contribution < 1.29 is 29.4 Å². The minimum Gasteiger partial charge on any atom is -0.545 e. The molecule has 0 bridgehead atoms. The SMILES string of the molecule is O=C([O-])C(Cl)(Cl)Cl.[CH2]I.[Zn].